The third kappa shape index (κ3) is 2.44. The fourth-order valence-electron chi connectivity index (χ4n) is 1.72. The lowest BCUT2D eigenvalue weighted by atomic mass is 10.3. The number of anilines is 1. The molecule has 1 fully saturated rings. The quantitative estimate of drug-likeness (QED) is 0.276. The first kappa shape index (κ1) is 11.6. The molecule has 0 spiro atoms. The van der Waals surface area contributed by atoms with Crippen molar-refractivity contribution in [1.82, 2.24) is 9.97 Å². The van der Waals surface area contributed by atoms with Gasteiger partial charge in [0, 0.05) is 25.0 Å². The van der Waals surface area contributed by atoms with E-state index in [2.05, 4.69) is 15.1 Å². The molecule has 0 bridgehead atoms. The number of nitrogens with zero attached hydrogens (tertiary/aromatic N) is 4. The molecule has 0 unspecified atom stereocenters. The van der Waals surface area contributed by atoms with Crippen molar-refractivity contribution in [3.05, 3.63) is 18.1 Å². The second-order valence-corrected chi connectivity index (χ2v) is 3.86. The summed E-state index contributed by atoms with van der Waals surface area (Å²) in [5.41, 5.74) is 5.90. The lowest BCUT2D eigenvalue weighted by Crippen LogP contribution is -2.32. The van der Waals surface area contributed by atoms with Crippen LogP contribution in [0.4, 0.5) is 5.82 Å². The SMILES string of the molecule is NC(=NO)c1nccnc1N(CCO)C1CC1. The maximum absolute atomic E-state index is 9.06. The molecule has 0 amide bonds. The second kappa shape index (κ2) is 4.96. The first-order chi connectivity index (χ1) is 8.27. The molecule has 1 aromatic rings. The van der Waals surface area contributed by atoms with E-state index in [0.717, 1.165) is 12.8 Å². The van der Waals surface area contributed by atoms with Gasteiger partial charge in [-0.25, -0.2) is 9.97 Å². The monoisotopic (exact) mass is 237 g/mol. The average Bonchev–Trinajstić information content (AvgIpc) is 3.19. The lowest BCUT2D eigenvalue weighted by molar-refractivity contribution is 0.301. The Balaban J connectivity index is 2.34. The minimum atomic E-state index is -0.0725. The number of aromatic nitrogens is 2. The number of oxime groups is 1. The molecule has 0 aliphatic heterocycles. The van der Waals surface area contributed by atoms with E-state index in [1.165, 1.54) is 6.20 Å². The first-order valence-corrected chi connectivity index (χ1v) is 5.44. The first-order valence-electron chi connectivity index (χ1n) is 5.44. The zero-order chi connectivity index (χ0) is 12.3. The molecule has 17 heavy (non-hydrogen) atoms. The van der Waals surface area contributed by atoms with E-state index in [1.54, 1.807) is 6.20 Å². The molecule has 0 saturated heterocycles. The Morgan fingerprint density at radius 3 is 2.76 bits per heavy atom. The van der Waals surface area contributed by atoms with Gasteiger partial charge in [0.15, 0.2) is 17.3 Å². The maximum Gasteiger partial charge on any atom is 0.192 e. The van der Waals surface area contributed by atoms with Gasteiger partial charge in [-0.2, -0.15) is 0 Å². The normalized spacial score (nSPS) is 15.9. The molecule has 1 aromatic heterocycles. The number of amidine groups is 1. The Bertz CT molecular complexity index is 419. The fourth-order valence-corrected chi connectivity index (χ4v) is 1.72. The van der Waals surface area contributed by atoms with Crippen molar-refractivity contribution in [2.45, 2.75) is 18.9 Å². The lowest BCUT2D eigenvalue weighted by Gasteiger charge is -2.23. The molecular formula is C10H15N5O2. The molecule has 4 N–H and O–H groups in total. The molecule has 0 radical (unpaired) electrons. The van der Waals surface area contributed by atoms with E-state index in [0.29, 0.717) is 24.1 Å². The van der Waals surface area contributed by atoms with Gasteiger partial charge in [-0.05, 0) is 12.8 Å². The van der Waals surface area contributed by atoms with Crippen molar-refractivity contribution in [3.63, 3.8) is 0 Å². The summed E-state index contributed by atoms with van der Waals surface area (Å²) in [5, 5.41) is 20.7. The second-order valence-electron chi connectivity index (χ2n) is 3.86. The number of rotatable bonds is 5. The summed E-state index contributed by atoms with van der Waals surface area (Å²) in [4.78, 5) is 10.2. The maximum atomic E-state index is 9.06. The van der Waals surface area contributed by atoms with Crippen molar-refractivity contribution in [3.8, 4) is 0 Å². The molecule has 1 aliphatic carbocycles. The minimum Gasteiger partial charge on any atom is -0.409 e. The van der Waals surface area contributed by atoms with E-state index >= 15 is 0 Å². The summed E-state index contributed by atoms with van der Waals surface area (Å²) in [6, 6.07) is 0.365. The van der Waals surface area contributed by atoms with Crippen LogP contribution in [0.5, 0.6) is 0 Å². The van der Waals surface area contributed by atoms with Gasteiger partial charge in [-0.3, -0.25) is 0 Å². The molecule has 1 heterocycles. The Morgan fingerprint density at radius 2 is 2.18 bits per heavy atom. The van der Waals surface area contributed by atoms with Crippen LogP contribution in [0.15, 0.2) is 17.5 Å². The highest BCUT2D eigenvalue weighted by atomic mass is 16.4. The summed E-state index contributed by atoms with van der Waals surface area (Å²) in [6.07, 6.45) is 5.16. The number of aliphatic hydroxyl groups excluding tert-OH is 1. The molecule has 1 saturated carbocycles. The van der Waals surface area contributed by atoms with Crippen LogP contribution in [-0.4, -0.2) is 45.3 Å². The predicted molar refractivity (Wildman–Crippen MR) is 62.0 cm³/mol. The summed E-state index contributed by atoms with van der Waals surface area (Å²) < 4.78 is 0. The van der Waals surface area contributed by atoms with Crippen molar-refractivity contribution in [1.29, 1.82) is 0 Å². The zero-order valence-corrected chi connectivity index (χ0v) is 9.32. The van der Waals surface area contributed by atoms with Gasteiger partial charge in [0.1, 0.15) is 0 Å². The van der Waals surface area contributed by atoms with E-state index in [4.69, 9.17) is 16.0 Å². The van der Waals surface area contributed by atoms with Crippen molar-refractivity contribution in [2.75, 3.05) is 18.1 Å². The highest BCUT2D eigenvalue weighted by Crippen LogP contribution is 2.31. The molecular weight excluding hydrogens is 222 g/mol. The largest absolute Gasteiger partial charge is 0.409 e. The Labute approximate surface area is 98.6 Å². The molecule has 0 aromatic carbocycles. The van der Waals surface area contributed by atoms with Crippen LogP contribution in [0.3, 0.4) is 0 Å². The summed E-state index contributed by atoms with van der Waals surface area (Å²) in [6.45, 7) is 0.498. The molecule has 0 atom stereocenters. The molecule has 2 rings (SSSR count). The topological polar surface area (TPSA) is 108 Å². The van der Waals surface area contributed by atoms with Crippen molar-refractivity contribution in [2.24, 2.45) is 10.9 Å². The van der Waals surface area contributed by atoms with Crippen LogP contribution in [-0.2, 0) is 0 Å². The third-order valence-corrected chi connectivity index (χ3v) is 2.63. The summed E-state index contributed by atoms with van der Waals surface area (Å²) in [5.74, 6) is 0.482. The number of aliphatic hydroxyl groups is 1. The Morgan fingerprint density at radius 1 is 1.47 bits per heavy atom. The Hall–Kier alpha value is -1.89. The number of hydrogen-bond acceptors (Lipinski definition) is 6. The van der Waals surface area contributed by atoms with Crippen LogP contribution in [0.2, 0.25) is 0 Å². The van der Waals surface area contributed by atoms with Crippen molar-refractivity contribution >= 4 is 11.7 Å². The van der Waals surface area contributed by atoms with Crippen LogP contribution >= 0.6 is 0 Å². The van der Waals surface area contributed by atoms with E-state index in [1.807, 2.05) is 4.90 Å². The van der Waals surface area contributed by atoms with E-state index in [-0.39, 0.29) is 12.4 Å². The molecule has 1 aliphatic rings. The minimum absolute atomic E-state index is 0.0304. The van der Waals surface area contributed by atoms with Crippen LogP contribution < -0.4 is 10.6 Å². The van der Waals surface area contributed by atoms with Gasteiger partial charge in [0.2, 0.25) is 0 Å². The van der Waals surface area contributed by atoms with Gasteiger partial charge in [-0.1, -0.05) is 5.16 Å². The number of hydrogen-bond donors (Lipinski definition) is 3. The Kier molecular flexibility index (Phi) is 3.38. The zero-order valence-electron chi connectivity index (χ0n) is 9.32. The van der Waals surface area contributed by atoms with E-state index < -0.39 is 0 Å². The molecule has 7 heteroatoms. The van der Waals surface area contributed by atoms with E-state index in [9.17, 15) is 0 Å². The van der Waals surface area contributed by atoms with Gasteiger partial charge in [0.05, 0.1) is 6.61 Å². The fraction of sp³-hybridized carbons (Fsp3) is 0.500. The summed E-state index contributed by atoms with van der Waals surface area (Å²) in [7, 11) is 0. The van der Waals surface area contributed by atoms with Crippen LogP contribution in [0.25, 0.3) is 0 Å². The standard InChI is InChI=1S/C10H15N5O2/c11-9(14-17)8-10(13-4-3-12-8)15(5-6-16)7-1-2-7/h3-4,7,16-17H,1-2,5-6H2,(H2,11,14). The predicted octanol–water partition coefficient (Wildman–Crippen LogP) is -0.468. The summed E-state index contributed by atoms with van der Waals surface area (Å²) >= 11 is 0. The smallest absolute Gasteiger partial charge is 0.192 e. The molecule has 92 valence electrons. The highest BCUT2D eigenvalue weighted by Gasteiger charge is 2.31. The molecule has 7 nitrogen and oxygen atoms in total. The van der Waals surface area contributed by atoms with Crippen molar-refractivity contribution < 1.29 is 10.3 Å². The van der Waals surface area contributed by atoms with Gasteiger partial charge in [0.25, 0.3) is 0 Å². The van der Waals surface area contributed by atoms with Crippen LogP contribution in [0, 0.1) is 0 Å². The van der Waals surface area contributed by atoms with Gasteiger partial charge in [-0.15, -0.1) is 0 Å². The average molecular weight is 237 g/mol. The van der Waals surface area contributed by atoms with Crippen LogP contribution in [0.1, 0.15) is 18.5 Å². The highest BCUT2D eigenvalue weighted by molar-refractivity contribution is 5.99. The van der Waals surface area contributed by atoms with Gasteiger partial charge >= 0.3 is 0 Å². The van der Waals surface area contributed by atoms with Gasteiger partial charge < -0.3 is 20.9 Å². The number of nitrogens with two attached hydrogens (primary N) is 1. The third-order valence-electron chi connectivity index (χ3n) is 2.63.